The summed E-state index contributed by atoms with van der Waals surface area (Å²) in [6.45, 7) is 5.34. The van der Waals surface area contributed by atoms with Crippen LogP contribution in [0.15, 0.2) is 66.7 Å². The zero-order chi connectivity index (χ0) is 34.6. The van der Waals surface area contributed by atoms with Gasteiger partial charge in [0.15, 0.2) is 0 Å². The molecule has 0 saturated carbocycles. The van der Waals surface area contributed by atoms with Crippen molar-refractivity contribution in [3.63, 3.8) is 0 Å². The molecule has 0 saturated heterocycles. The number of carbonyl (C=O) groups excluding carboxylic acids is 6. The molecule has 3 atom stereocenters. The maximum Gasteiger partial charge on any atom is 0.311 e. The fraction of sp³-hybridized carbons (Fsp3) is 0.412. The van der Waals surface area contributed by atoms with E-state index in [0.717, 1.165) is 23.3 Å². The number of amides is 3. The molecule has 2 aromatic rings. The second-order valence-corrected chi connectivity index (χ2v) is 12.2. The molecule has 3 amide bonds. The molecule has 3 rings (SSSR count). The lowest BCUT2D eigenvalue weighted by molar-refractivity contribution is -0.154. The lowest BCUT2D eigenvalue weighted by Crippen LogP contribution is -2.57. The number of esters is 1. The molecule has 1 aliphatic heterocycles. The van der Waals surface area contributed by atoms with Crippen LogP contribution in [0.3, 0.4) is 0 Å². The van der Waals surface area contributed by atoms with Crippen LogP contribution in [0, 0.1) is 5.41 Å². The average Bonchev–Trinajstić information content (AvgIpc) is 3.38. The first-order valence-electron chi connectivity index (χ1n) is 15.5. The number of imide groups is 1. The van der Waals surface area contributed by atoms with E-state index in [0.29, 0.717) is 30.0 Å². The van der Waals surface area contributed by atoms with Gasteiger partial charge in [-0.3, -0.25) is 33.7 Å². The minimum Gasteiger partial charge on any atom is -0.460 e. The average molecular weight is 649 g/mol. The van der Waals surface area contributed by atoms with Crippen LogP contribution in [0.4, 0.5) is 5.69 Å². The molecule has 47 heavy (non-hydrogen) atoms. The highest BCUT2D eigenvalue weighted by molar-refractivity contribution is 6.42. The van der Waals surface area contributed by atoms with Crippen molar-refractivity contribution in [1.29, 1.82) is 0 Å². The zero-order valence-electron chi connectivity index (χ0n) is 27.0. The number of hydrogen-bond acceptors (Lipinski definition) is 11. The van der Waals surface area contributed by atoms with E-state index in [1.54, 1.807) is 45.0 Å². The van der Waals surface area contributed by atoms with Gasteiger partial charge in [0.1, 0.15) is 18.7 Å². The van der Waals surface area contributed by atoms with Crippen molar-refractivity contribution < 1.29 is 33.5 Å². The predicted octanol–water partition coefficient (Wildman–Crippen LogP) is 1.31. The van der Waals surface area contributed by atoms with Crippen molar-refractivity contribution in [1.82, 2.24) is 15.6 Å². The lowest BCUT2D eigenvalue weighted by atomic mass is 9.96. The summed E-state index contributed by atoms with van der Waals surface area (Å²) in [4.78, 5) is 77.7. The van der Waals surface area contributed by atoms with E-state index in [1.165, 1.54) is 0 Å². The van der Waals surface area contributed by atoms with E-state index in [1.807, 2.05) is 30.3 Å². The van der Waals surface area contributed by atoms with Gasteiger partial charge >= 0.3 is 5.97 Å². The van der Waals surface area contributed by atoms with Crippen molar-refractivity contribution in [2.24, 2.45) is 16.9 Å². The van der Waals surface area contributed by atoms with E-state index in [4.69, 9.17) is 16.2 Å². The molecule has 0 bridgehead atoms. The highest BCUT2D eigenvalue weighted by atomic mass is 16.5. The predicted molar refractivity (Wildman–Crippen MR) is 175 cm³/mol. The fourth-order valence-electron chi connectivity index (χ4n) is 4.70. The molecule has 2 aromatic carbocycles. The number of nitrogens with one attached hydrogen (secondary N) is 3. The third kappa shape index (κ3) is 10.7. The molecular weight excluding hydrogens is 604 g/mol. The summed E-state index contributed by atoms with van der Waals surface area (Å²) >= 11 is 0. The molecule has 7 N–H and O–H groups in total. The largest absolute Gasteiger partial charge is 0.460 e. The first kappa shape index (κ1) is 36.7. The molecular formula is C34H44N6O7. The van der Waals surface area contributed by atoms with Gasteiger partial charge in [-0.1, -0.05) is 42.5 Å². The monoisotopic (exact) mass is 648 g/mol. The summed E-state index contributed by atoms with van der Waals surface area (Å²) in [6.07, 6.45) is 3.32. The smallest absolute Gasteiger partial charge is 0.311 e. The van der Waals surface area contributed by atoms with Crippen molar-refractivity contribution in [2.75, 3.05) is 18.5 Å². The number of carbonyl (C=O) groups is 6. The van der Waals surface area contributed by atoms with Crippen molar-refractivity contribution in [2.45, 2.75) is 71.2 Å². The highest BCUT2D eigenvalue weighted by Crippen LogP contribution is 2.18. The number of ketones is 2. The minimum absolute atomic E-state index is 0.109. The Morgan fingerprint density at radius 3 is 2.04 bits per heavy atom. The van der Waals surface area contributed by atoms with Crippen LogP contribution in [0.2, 0.25) is 0 Å². The molecule has 0 aromatic heterocycles. The minimum atomic E-state index is -1.49. The van der Waals surface area contributed by atoms with Crippen molar-refractivity contribution in [3.8, 4) is 0 Å². The molecule has 1 heterocycles. The fourth-order valence-corrected chi connectivity index (χ4v) is 4.70. The normalized spacial score (nSPS) is 14.8. The number of nitrogens with two attached hydrogens (primary N) is 2. The van der Waals surface area contributed by atoms with Crippen molar-refractivity contribution >= 4 is 40.9 Å². The second-order valence-electron chi connectivity index (χ2n) is 12.2. The van der Waals surface area contributed by atoms with Gasteiger partial charge < -0.3 is 26.9 Å². The Morgan fingerprint density at radius 1 is 0.830 bits per heavy atom. The molecule has 13 heteroatoms. The molecule has 1 unspecified atom stereocenters. The SMILES string of the molecule is CC(C)(C)C(=O)OCc1ccc(NN[C@@H](Cc2ccccc2)C(=O)N[C@@H](CCCCN)C(=O)C(=O)C(CN)N2C(=O)C=CC2=O)cc1. The third-order valence-corrected chi connectivity index (χ3v) is 7.43. The number of hydrazine groups is 1. The Morgan fingerprint density at radius 2 is 1.47 bits per heavy atom. The standard InChI is InChI=1S/C34H44N6O7/c1-34(2,3)33(46)47-21-23-12-14-24(15-13-23)38-39-26(19-22-9-5-4-6-10-22)32(45)37-25(11-7-8-18-35)30(43)31(44)27(20-36)40-28(41)16-17-29(40)42/h4-6,9-10,12-17,25-27,38-39H,7-8,11,18-21,35-36H2,1-3H3,(H,37,45)/t25-,26-,27?/m0/s1. The van der Waals surface area contributed by atoms with Crippen LogP contribution < -0.4 is 27.6 Å². The quantitative estimate of drug-likeness (QED) is 0.0513. The number of rotatable bonds is 18. The van der Waals surface area contributed by atoms with Crippen LogP contribution in [0.5, 0.6) is 0 Å². The number of hydrogen-bond donors (Lipinski definition) is 5. The van der Waals surface area contributed by atoms with Gasteiger partial charge in [-0.2, -0.15) is 0 Å². The van der Waals surface area contributed by atoms with Gasteiger partial charge in [0, 0.05) is 24.4 Å². The van der Waals surface area contributed by atoms with Gasteiger partial charge in [-0.15, -0.1) is 0 Å². The van der Waals surface area contributed by atoms with Crippen LogP contribution in [0.1, 0.15) is 51.2 Å². The van der Waals surface area contributed by atoms with Crippen LogP contribution >= 0.6 is 0 Å². The maximum absolute atomic E-state index is 13.7. The summed E-state index contributed by atoms with van der Waals surface area (Å²) in [6, 6.07) is 12.7. The number of unbranched alkanes of at least 4 members (excludes halogenated alkanes) is 1. The number of nitrogens with zero attached hydrogens (tertiary/aromatic N) is 1. The van der Waals surface area contributed by atoms with Gasteiger partial charge in [0.05, 0.1) is 11.5 Å². The molecule has 0 radical (unpaired) electrons. The van der Waals surface area contributed by atoms with Gasteiger partial charge in [0.2, 0.25) is 17.5 Å². The highest BCUT2D eigenvalue weighted by Gasteiger charge is 2.40. The molecule has 252 valence electrons. The van der Waals surface area contributed by atoms with Gasteiger partial charge in [0.25, 0.3) is 11.8 Å². The maximum atomic E-state index is 13.7. The van der Waals surface area contributed by atoms with E-state index < -0.39 is 59.4 Å². The molecule has 1 aliphatic rings. The van der Waals surface area contributed by atoms with Gasteiger partial charge in [-0.05, 0) is 76.3 Å². The van der Waals surface area contributed by atoms with Gasteiger partial charge in [-0.25, -0.2) is 5.43 Å². The number of ether oxygens (including phenoxy) is 1. The summed E-state index contributed by atoms with van der Waals surface area (Å²) in [5.41, 5.74) is 19.0. The second kappa shape index (κ2) is 17.3. The first-order chi connectivity index (χ1) is 22.3. The molecule has 13 nitrogen and oxygen atoms in total. The van der Waals surface area contributed by atoms with E-state index in [9.17, 15) is 28.8 Å². The summed E-state index contributed by atoms with van der Waals surface area (Å²) in [5, 5.41) is 2.71. The van der Waals surface area contributed by atoms with Crippen LogP contribution in [0.25, 0.3) is 0 Å². The zero-order valence-corrected chi connectivity index (χ0v) is 27.0. The first-order valence-corrected chi connectivity index (χ1v) is 15.5. The molecule has 0 spiro atoms. The molecule has 0 fully saturated rings. The summed E-state index contributed by atoms with van der Waals surface area (Å²) < 4.78 is 5.37. The molecule has 0 aliphatic carbocycles. The van der Waals surface area contributed by atoms with Crippen LogP contribution in [-0.2, 0) is 46.5 Å². The van der Waals surface area contributed by atoms with E-state index in [-0.39, 0.29) is 25.4 Å². The van der Waals surface area contributed by atoms with E-state index in [2.05, 4.69) is 16.2 Å². The Bertz CT molecular complexity index is 1440. The number of benzene rings is 2. The third-order valence-electron chi connectivity index (χ3n) is 7.43. The number of Topliss-reactive ketones (excluding diaryl/α,β-unsaturated/α-hetero) is 2. The summed E-state index contributed by atoms with van der Waals surface area (Å²) in [7, 11) is 0. The Balaban J connectivity index is 1.75. The Kier molecular flexibility index (Phi) is 13.5. The number of anilines is 1. The van der Waals surface area contributed by atoms with Crippen LogP contribution in [-0.4, -0.2) is 71.4 Å². The van der Waals surface area contributed by atoms with E-state index >= 15 is 0 Å². The van der Waals surface area contributed by atoms with Crippen molar-refractivity contribution in [3.05, 3.63) is 77.9 Å². The Labute approximate surface area is 274 Å². The lowest BCUT2D eigenvalue weighted by Gasteiger charge is -2.26. The summed E-state index contributed by atoms with van der Waals surface area (Å²) in [5.74, 6) is -4.38. The topological polar surface area (TPSA) is 203 Å². The Hall–Kier alpha value is -4.72.